The number of halogens is 6. The molecule has 0 aromatic heterocycles. The zero-order valence-corrected chi connectivity index (χ0v) is 34.7. The smallest absolute Gasteiger partial charge is 0.264 e. The van der Waals surface area contributed by atoms with Crippen LogP contribution in [0.5, 0.6) is 0 Å². The molecule has 0 saturated carbocycles. The van der Waals surface area contributed by atoms with Crippen molar-refractivity contribution in [3.8, 4) is 0 Å². The van der Waals surface area contributed by atoms with E-state index in [1.54, 1.807) is 13.8 Å². The molecule has 286 valence electrons. The van der Waals surface area contributed by atoms with Gasteiger partial charge in [0.15, 0.2) is 0 Å². The van der Waals surface area contributed by atoms with Crippen molar-refractivity contribution < 1.29 is 16.8 Å². The lowest BCUT2D eigenvalue weighted by atomic mass is 10.1. The summed E-state index contributed by atoms with van der Waals surface area (Å²) in [5.74, 6) is 0. The molecule has 0 aliphatic heterocycles. The van der Waals surface area contributed by atoms with E-state index in [9.17, 15) is 26.4 Å². The number of hydrogen-bond acceptors (Lipinski definition) is 8. The minimum atomic E-state index is -4.17. The first kappa shape index (κ1) is 42.0. The average Bonchev–Trinajstić information content (AvgIpc) is 3.12. The third kappa shape index (κ3) is 9.08. The van der Waals surface area contributed by atoms with Crippen LogP contribution in [0.15, 0.2) is 104 Å². The fourth-order valence-electron chi connectivity index (χ4n) is 5.73. The predicted molar refractivity (Wildman–Crippen MR) is 222 cm³/mol. The second-order valence-corrected chi connectivity index (χ2v) is 18.4. The summed E-state index contributed by atoms with van der Waals surface area (Å²) in [6.07, 6.45) is 0.339. The van der Waals surface area contributed by atoms with Gasteiger partial charge in [-0.05, 0) is 112 Å². The van der Waals surface area contributed by atoms with Crippen molar-refractivity contribution in [1.29, 1.82) is 0 Å². The molecule has 0 bridgehead atoms. The number of benzene rings is 4. The summed E-state index contributed by atoms with van der Waals surface area (Å²) >= 11 is 37.4. The van der Waals surface area contributed by atoms with Crippen molar-refractivity contribution in [2.45, 2.75) is 48.6 Å². The normalized spacial score (nSPS) is 13.0. The van der Waals surface area contributed by atoms with E-state index in [0.717, 1.165) is 8.61 Å². The van der Waals surface area contributed by atoms with E-state index >= 15 is 0 Å². The third-order valence-corrected chi connectivity index (χ3v) is 14.0. The lowest BCUT2D eigenvalue weighted by Gasteiger charge is -2.32. The van der Waals surface area contributed by atoms with E-state index in [2.05, 4.69) is 10.6 Å². The molecule has 0 spiro atoms. The van der Waals surface area contributed by atoms with Gasteiger partial charge in [-0.25, -0.2) is 16.8 Å². The van der Waals surface area contributed by atoms with Crippen LogP contribution in [0.4, 0.5) is 22.7 Å². The fraction of sp³-hybridized carbons (Fsp3) is 0.222. The molecule has 0 aliphatic rings. The molecule has 54 heavy (non-hydrogen) atoms. The molecule has 2 N–H and O–H groups in total. The minimum Gasteiger partial charge on any atom is -0.380 e. The van der Waals surface area contributed by atoms with Crippen molar-refractivity contribution in [2.24, 2.45) is 0 Å². The second-order valence-electron chi connectivity index (χ2n) is 12.2. The molecular formula is C36H32Cl6N4O6S2. The Morgan fingerprint density at radius 2 is 0.833 bits per heavy atom. The summed E-state index contributed by atoms with van der Waals surface area (Å²) in [4.78, 5) is 25.2. The molecule has 18 heteroatoms. The van der Waals surface area contributed by atoms with E-state index in [1.807, 2.05) is 0 Å². The van der Waals surface area contributed by atoms with Crippen molar-refractivity contribution in [3.05, 3.63) is 136 Å². The summed E-state index contributed by atoms with van der Waals surface area (Å²) in [7, 11) is -8.35. The summed E-state index contributed by atoms with van der Waals surface area (Å²) in [6, 6.07) is 18.9. The molecule has 0 heterocycles. The Kier molecular flexibility index (Phi) is 13.4. The van der Waals surface area contributed by atoms with Crippen LogP contribution < -0.4 is 30.1 Å². The van der Waals surface area contributed by atoms with Gasteiger partial charge >= 0.3 is 0 Å². The van der Waals surface area contributed by atoms with E-state index in [-0.39, 0.29) is 78.6 Å². The molecule has 0 unspecified atom stereocenters. The van der Waals surface area contributed by atoms with E-state index in [4.69, 9.17) is 69.6 Å². The molecule has 2 atom stereocenters. The van der Waals surface area contributed by atoms with Crippen LogP contribution >= 0.6 is 69.6 Å². The highest BCUT2D eigenvalue weighted by molar-refractivity contribution is 7.93. The molecular weight excluding hydrogens is 861 g/mol. The van der Waals surface area contributed by atoms with E-state index in [0.29, 0.717) is 10.0 Å². The minimum absolute atomic E-state index is 0.0243. The highest BCUT2D eigenvalue weighted by Gasteiger charge is 2.33. The molecule has 0 aliphatic carbocycles. The topological polar surface area (TPSA) is 133 Å². The predicted octanol–water partition coefficient (Wildman–Crippen LogP) is 9.37. The van der Waals surface area contributed by atoms with Gasteiger partial charge in [-0.1, -0.05) is 69.6 Å². The van der Waals surface area contributed by atoms with Crippen LogP contribution in [0.2, 0.25) is 30.1 Å². The number of nitrogens with one attached hydrogen (secondary N) is 2. The summed E-state index contributed by atoms with van der Waals surface area (Å²) in [5, 5.41) is 7.48. The maximum Gasteiger partial charge on any atom is 0.264 e. The van der Waals surface area contributed by atoms with Crippen molar-refractivity contribution in [1.82, 2.24) is 0 Å². The van der Waals surface area contributed by atoms with Crippen LogP contribution in [0.1, 0.15) is 26.7 Å². The first-order valence-electron chi connectivity index (χ1n) is 16.2. The van der Waals surface area contributed by atoms with Crippen LogP contribution in [-0.4, -0.2) is 42.0 Å². The average molecular weight is 894 g/mol. The third-order valence-electron chi connectivity index (χ3n) is 8.47. The second kappa shape index (κ2) is 17.3. The molecule has 5 aromatic carbocycles. The number of nitrogens with zero attached hydrogens (tertiary/aromatic N) is 2. The molecule has 0 fully saturated rings. The van der Waals surface area contributed by atoms with Gasteiger partial charge in [0.2, 0.25) is 0 Å². The molecule has 0 radical (unpaired) electrons. The largest absolute Gasteiger partial charge is 0.380 e. The van der Waals surface area contributed by atoms with Gasteiger partial charge in [-0.3, -0.25) is 18.2 Å². The zero-order chi connectivity index (χ0) is 39.5. The van der Waals surface area contributed by atoms with Gasteiger partial charge in [-0.2, -0.15) is 0 Å². The van der Waals surface area contributed by atoms with Crippen molar-refractivity contribution in [2.75, 3.05) is 32.3 Å². The van der Waals surface area contributed by atoms with Crippen molar-refractivity contribution in [3.63, 3.8) is 0 Å². The molecule has 10 nitrogen and oxygen atoms in total. The molecule has 5 aromatic rings. The standard InChI is InChI=1S/C36H32Cl6N4O6S2/c1-21(45(31-19-25(39)7-13-29(31)41)53(49,50)27-9-3-23(37)4-10-27)15-17-43-33-34(36(48)35(33)47)44-18-16-22(2)46(32-20-26(40)8-14-30(32)42)54(51,52)28-11-5-24(38)6-12-28/h3-14,19-22,43-44H,15-18H2,1-2H3/t21-,22-/m1/s1. The first-order chi connectivity index (χ1) is 25.4. The zero-order valence-electron chi connectivity index (χ0n) is 28.5. The lowest BCUT2D eigenvalue weighted by Crippen LogP contribution is -2.42. The van der Waals surface area contributed by atoms with E-state index in [1.165, 1.54) is 84.9 Å². The summed E-state index contributed by atoms with van der Waals surface area (Å²) in [5.41, 5.74) is -1.14. The number of rotatable bonds is 16. The highest BCUT2D eigenvalue weighted by atomic mass is 35.5. The Hall–Kier alpha value is -3.20. The van der Waals surface area contributed by atoms with E-state index < -0.39 is 43.0 Å². The SMILES string of the molecule is C[C@H](CCNc1c(NCC[C@@H](C)N(c2cc(Cl)ccc2Cl)S(=O)(=O)c2ccc(Cl)cc2)c(=O)c1=O)N(c1cc(Cl)ccc1Cl)S(=O)(=O)c1ccc(Cl)cc1. The van der Waals surface area contributed by atoms with Gasteiger partial charge in [-0.15, -0.1) is 0 Å². The fourth-order valence-corrected chi connectivity index (χ4v) is 10.2. The van der Waals surface area contributed by atoms with Crippen LogP contribution in [0, 0.1) is 0 Å². The van der Waals surface area contributed by atoms with Gasteiger partial charge in [0.25, 0.3) is 30.9 Å². The Morgan fingerprint density at radius 1 is 0.519 bits per heavy atom. The molecule has 0 amide bonds. The molecule has 5 rings (SSSR count). The lowest BCUT2D eigenvalue weighted by molar-refractivity contribution is 0.572. The summed E-state index contributed by atoms with van der Waals surface area (Å²) in [6.45, 7) is 3.51. The Bertz CT molecular complexity index is 2270. The van der Waals surface area contributed by atoms with Gasteiger partial charge in [0.05, 0.1) is 31.2 Å². The number of anilines is 4. The van der Waals surface area contributed by atoms with Gasteiger partial charge < -0.3 is 10.6 Å². The maximum atomic E-state index is 13.9. The van der Waals surface area contributed by atoms with Crippen LogP contribution in [0.3, 0.4) is 0 Å². The van der Waals surface area contributed by atoms with Gasteiger partial charge in [0, 0.05) is 45.3 Å². The maximum absolute atomic E-state index is 13.9. The monoisotopic (exact) mass is 890 g/mol. The highest BCUT2D eigenvalue weighted by Crippen LogP contribution is 2.37. The Labute approximate surface area is 343 Å². The quantitative estimate of drug-likeness (QED) is 0.0938. The Morgan fingerprint density at radius 3 is 1.17 bits per heavy atom. The van der Waals surface area contributed by atoms with Crippen LogP contribution in [-0.2, 0) is 20.0 Å². The number of sulfonamides is 2. The van der Waals surface area contributed by atoms with Crippen molar-refractivity contribution >= 4 is 112 Å². The summed E-state index contributed by atoms with van der Waals surface area (Å²) < 4.78 is 58.1. The Balaban J connectivity index is 1.31. The van der Waals surface area contributed by atoms with Gasteiger partial charge in [0.1, 0.15) is 11.4 Å². The first-order valence-corrected chi connectivity index (χ1v) is 21.4. The molecule has 0 saturated heterocycles. The van der Waals surface area contributed by atoms with Crippen LogP contribution in [0.25, 0.3) is 0 Å². The number of hydrogen-bond donors (Lipinski definition) is 2.